The summed E-state index contributed by atoms with van der Waals surface area (Å²) in [4.78, 5) is 15.1. The van der Waals surface area contributed by atoms with Gasteiger partial charge in [-0.25, -0.2) is 8.42 Å². The average Bonchev–Trinajstić information content (AvgIpc) is 3.21. The first kappa shape index (κ1) is 19.0. The van der Waals surface area contributed by atoms with Gasteiger partial charge in [-0.1, -0.05) is 35.9 Å². The summed E-state index contributed by atoms with van der Waals surface area (Å²) in [5.74, 6) is 0.00250. The zero-order chi connectivity index (χ0) is 19.7. The molecule has 0 bridgehead atoms. The van der Waals surface area contributed by atoms with Gasteiger partial charge in [0.25, 0.3) is 15.9 Å². The first-order valence-corrected chi connectivity index (χ1v) is 11.4. The molecule has 2 aromatic carbocycles. The molecule has 0 saturated carbocycles. The van der Waals surface area contributed by atoms with Crippen molar-refractivity contribution >= 4 is 44.6 Å². The normalized spacial score (nSPS) is 13.8. The highest BCUT2D eigenvalue weighted by Gasteiger charge is 2.23. The molecule has 2 heterocycles. The number of hydrogen-bond acceptors (Lipinski definition) is 4. The fourth-order valence-corrected chi connectivity index (χ4v) is 5.48. The lowest BCUT2D eigenvalue weighted by atomic mass is 9.99. The molecule has 0 unspecified atom stereocenters. The van der Waals surface area contributed by atoms with E-state index in [0.29, 0.717) is 23.7 Å². The number of amides is 1. The average molecular weight is 433 g/mol. The van der Waals surface area contributed by atoms with E-state index in [1.54, 1.807) is 29.2 Å². The van der Waals surface area contributed by atoms with Crippen LogP contribution in [0.5, 0.6) is 0 Å². The minimum atomic E-state index is -3.80. The maximum Gasteiger partial charge on any atom is 0.264 e. The molecule has 28 heavy (non-hydrogen) atoms. The van der Waals surface area contributed by atoms with E-state index >= 15 is 0 Å². The van der Waals surface area contributed by atoms with Gasteiger partial charge in [0.2, 0.25) is 0 Å². The summed E-state index contributed by atoms with van der Waals surface area (Å²) >= 11 is 7.45. The van der Waals surface area contributed by atoms with Crippen molar-refractivity contribution in [2.24, 2.45) is 0 Å². The number of thiophene rings is 1. The Bertz CT molecular complexity index is 1130. The van der Waals surface area contributed by atoms with E-state index < -0.39 is 10.0 Å². The molecule has 8 heteroatoms. The van der Waals surface area contributed by atoms with Gasteiger partial charge < -0.3 is 4.90 Å². The lowest BCUT2D eigenvalue weighted by Gasteiger charge is -2.29. The summed E-state index contributed by atoms with van der Waals surface area (Å²) in [6.45, 7) is 1.10. The van der Waals surface area contributed by atoms with Gasteiger partial charge in [-0.15, -0.1) is 11.3 Å². The SMILES string of the molecule is O=C(c1cccs1)N1CCc2ccc(NS(=O)(=O)c3ccccc3Cl)cc2C1. The first-order valence-electron chi connectivity index (χ1n) is 8.66. The summed E-state index contributed by atoms with van der Waals surface area (Å²) < 4.78 is 27.9. The van der Waals surface area contributed by atoms with Crippen LogP contribution in [-0.2, 0) is 23.0 Å². The highest BCUT2D eigenvalue weighted by atomic mass is 35.5. The minimum absolute atomic E-state index is 0.00250. The number of rotatable bonds is 4. The van der Waals surface area contributed by atoms with Crippen LogP contribution in [0.1, 0.15) is 20.8 Å². The lowest BCUT2D eigenvalue weighted by Crippen LogP contribution is -2.35. The Balaban J connectivity index is 1.57. The molecule has 0 spiro atoms. The molecular formula is C20H17ClN2O3S2. The molecule has 0 atom stereocenters. The summed E-state index contributed by atoms with van der Waals surface area (Å²) in [7, 11) is -3.80. The summed E-state index contributed by atoms with van der Waals surface area (Å²) in [5.41, 5.74) is 2.51. The molecule has 0 saturated heterocycles. The van der Waals surface area contributed by atoms with Gasteiger partial charge in [-0.3, -0.25) is 9.52 Å². The van der Waals surface area contributed by atoms with Crippen LogP contribution in [0.3, 0.4) is 0 Å². The fourth-order valence-electron chi connectivity index (χ4n) is 3.22. The second-order valence-corrected chi connectivity index (χ2v) is 9.48. The molecule has 1 aliphatic rings. The van der Waals surface area contributed by atoms with Crippen molar-refractivity contribution in [3.63, 3.8) is 0 Å². The maximum absolute atomic E-state index is 12.7. The van der Waals surface area contributed by atoms with Crippen LogP contribution in [0, 0.1) is 0 Å². The van der Waals surface area contributed by atoms with Crippen LogP contribution in [0.2, 0.25) is 5.02 Å². The van der Waals surface area contributed by atoms with Gasteiger partial charge in [0.15, 0.2) is 0 Å². The van der Waals surface area contributed by atoms with Crippen LogP contribution in [0.4, 0.5) is 5.69 Å². The third-order valence-corrected chi connectivity index (χ3v) is 7.36. The van der Waals surface area contributed by atoms with Crippen molar-refractivity contribution in [3.05, 3.63) is 81.0 Å². The number of hydrogen-bond donors (Lipinski definition) is 1. The van der Waals surface area contributed by atoms with Crippen molar-refractivity contribution in [2.75, 3.05) is 11.3 Å². The van der Waals surface area contributed by atoms with Crippen molar-refractivity contribution in [3.8, 4) is 0 Å². The van der Waals surface area contributed by atoms with E-state index in [1.807, 2.05) is 23.6 Å². The fraction of sp³-hybridized carbons (Fsp3) is 0.150. The monoisotopic (exact) mass is 432 g/mol. The number of carbonyl (C=O) groups is 1. The maximum atomic E-state index is 12.7. The van der Waals surface area contributed by atoms with Crippen molar-refractivity contribution < 1.29 is 13.2 Å². The molecular weight excluding hydrogens is 416 g/mol. The number of halogens is 1. The molecule has 1 aromatic heterocycles. The largest absolute Gasteiger partial charge is 0.333 e. The number of sulfonamides is 1. The van der Waals surface area contributed by atoms with Crippen LogP contribution in [-0.4, -0.2) is 25.8 Å². The minimum Gasteiger partial charge on any atom is -0.333 e. The number of nitrogens with one attached hydrogen (secondary N) is 1. The van der Waals surface area contributed by atoms with Crippen molar-refractivity contribution in [1.82, 2.24) is 4.90 Å². The highest BCUT2D eigenvalue weighted by molar-refractivity contribution is 7.92. The number of anilines is 1. The Labute approximate surface area is 172 Å². The number of carbonyl (C=O) groups excluding carboxylic acids is 1. The zero-order valence-electron chi connectivity index (χ0n) is 14.8. The van der Waals surface area contributed by atoms with Gasteiger partial charge in [0.1, 0.15) is 4.90 Å². The molecule has 1 amide bonds. The standard InChI is InChI=1S/C20H17ClN2O3S2/c21-17-4-1-2-6-19(17)28(25,26)22-16-8-7-14-9-10-23(13-15(14)12-16)20(24)18-5-3-11-27-18/h1-8,11-12,22H,9-10,13H2. The summed E-state index contributed by atoms with van der Waals surface area (Å²) in [5, 5.41) is 2.05. The van der Waals surface area contributed by atoms with Gasteiger partial charge >= 0.3 is 0 Å². The predicted molar refractivity (Wildman–Crippen MR) is 111 cm³/mol. The Kier molecular flexibility index (Phi) is 5.14. The van der Waals surface area contributed by atoms with E-state index in [0.717, 1.165) is 17.5 Å². The Morgan fingerprint density at radius 2 is 1.89 bits per heavy atom. The van der Waals surface area contributed by atoms with Crippen LogP contribution in [0.25, 0.3) is 0 Å². The molecule has 0 radical (unpaired) electrons. The second-order valence-electron chi connectivity index (χ2n) is 6.47. The number of fused-ring (bicyclic) bond motifs is 1. The third kappa shape index (κ3) is 3.78. The molecule has 1 aliphatic heterocycles. The molecule has 4 rings (SSSR count). The van der Waals surface area contributed by atoms with Crippen molar-refractivity contribution in [1.29, 1.82) is 0 Å². The van der Waals surface area contributed by atoms with Crippen LogP contribution < -0.4 is 4.72 Å². The lowest BCUT2D eigenvalue weighted by molar-refractivity contribution is 0.0739. The van der Waals surface area contributed by atoms with Crippen molar-refractivity contribution in [2.45, 2.75) is 17.9 Å². The number of benzene rings is 2. The van der Waals surface area contributed by atoms with E-state index in [2.05, 4.69) is 4.72 Å². The Morgan fingerprint density at radius 3 is 2.64 bits per heavy atom. The van der Waals surface area contributed by atoms with Gasteiger partial charge in [-0.05, 0) is 53.3 Å². The van der Waals surface area contributed by atoms with Crippen LogP contribution >= 0.6 is 22.9 Å². The summed E-state index contributed by atoms with van der Waals surface area (Å²) in [6, 6.07) is 15.4. The zero-order valence-corrected chi connectivity index (χ0v) is 17.2. The quantitative estimate of drug-likeness (QED) is 0.664. The molecule has 144 valence electrons. The van der Waals surface area contributed by atoms with E-state index in [1.165, 1.54) is 23.5 Å². The highest BCUT2D eigenvalue weighted by Crippen LogP contribution is 2.27. The van der Waals surface area contributed by atoms with E-state index in [-0.39, 0.29) is 15.8 Å². The molecule has 1 N–H and O–H groups in total. The Morgan fingerprint density at radius 1 is 1.07 bits per heavy atom. The van der Waals surface area contributed by atoms with Gasteiger partial charge in [-0.2, -0.15) is 0 Å². The molecule has 5 nitrogen and oxygen atoms in total. The van der Waals surface area contributed by atoms with E-state index in [9.17, 15) is 13.2 Å². The van der Waals surface area contributed by atoms with Gasteiger partial charge in [0, 0.05) is 18.8 Å². The van der Waals surface area contributed by atoms with Gasteiger partial charge in [0.05, 0.1) is 9.90 Å². The third-order valence-electron chi connectivity index (χ3n) is 4.62. The Hall–Kier alpha value is -2.35. The smallest absolute Gasteiger partial charge is 0.264 e. The molecule has 0 aliphatic carbocycles. The second kappa shape index (κ2) is 7.58. The molecule has 3 aromatic rings. The first-order chi connectivity index (χ1) is 13.4. The van der Waals surface area contributed by atoms with E-state index in [4.69, 9.17) is 11.6 Å². The predicted octanol–water partition coefficient (Wildman–Crippen LogP) is 4.40. The van der Waals surface area contributed by atoms with Crippen LogP contribution in [0.15, 0.2) is 64.9 Å². The topological polar surface area (TPSA) is 66.5 Å². The summed E-state index contributed by atoms with van der Waals surface area (Å²) in [6.07, 6.45) is 0.740. The number of nitrogens with zero attached hydrogens (tertiary/aromatic N) is 1. The molecule has 0 fully saturated rings.